The number of fused-ring (bicyclic) bond motifs is 1. The van der Waals surface area contributed by atoms with Crippen LogP contribution in [0.25, 0.3) is 95.3 Å². The van der Waals surface area contributed by atoms with Crippen LogP contribution >= 0.6 is 0 Å². The van der Waals surface area contributed by atoms with Gasteiger partial charge in [0, 0.05) is 55.3 Å². The summed E-state index contributed by atoms with van der Waals surface area (Å²) in [6.45, 7) is 26.7. The molecule has 0 aliphatic heterocycles. The quantitative estimate of drug-likeness (QED) is 0.154. The Morgan fingerprint density at radius 1 is 0.427 bits per heavy atom. The molecule has 0 unspecified atom stereocenters. The van der Waals surface area contributed by atoms with Gasteiger partial charge in [-0.1, -0.05) is 222 Å². The van der Waals surface area contributed by atoms with Crippen LogP contribution in [0.3, 0.4) is 0 Å². The molecule has 3 aromatic heterocycles. The van der Waals surface area contributed by atoms with Crippen molar-refractivity contribution in [1.29, 1.82) is 0 Å². The Bertz CT molecular complexity index is 3640. The molecular weight excluding hydrogens is 1100 g/mol. The van der Waals surface area contributed by atoms with Gasteiger partial charge in [0.25, 0.3) is 0 Å². The Kier molecular flexibility index (Phi) is 14.1. The minimum atomic E-state index is -0.349. The zero-order chi connectivity index (χ0) is 52.3. The number of imidazole rings is 1. The van der Waals surface area contributed by atoms with E-state index < -0.39 is 0 Å². The van der Waals surface area contributed by atoms with Crippen LogP contribution in [0, 0.1) is 6.07 Å². The van der Waals surface area contributed by atoms with E-state index in [1.165, 1.54) is 5.56 Å². The molecule has 0 amide bonds. The van der Waals surface area contributed by atoms with Gasteiger partial charge >= 0.3 is 0 Å². The van der Waals surface area contributed by atoms with Gasteiger partial charge in [0.1, 0.15) is 5.75 Å². The zero-order valence-electron chi connectivity index (χ0n) is 45.4. The molecule has 380 valence electrons. The fraction of sp³-hybridized carbons (Fsp3) is 0.232. The Morgan fingerprint density at radius 3 is 1.51 bits per heavy atom. The molecule has 1 N–H and O–H groups in total. The van der Waals surface area contributed by atoms with E-state index in [-0.39, 0.29) is 48.5 Å². The molecule has 10 rings (SSSR count). The Morgan fingerprint density at radius 2 is 0.947 bits per heavy atom. The third-order valence-electron chi connectivity index (χ3n) is 14.3. The van der Waals surface area contributed by atoms with E-state index in [0.717, 1.165) is 95.0 Å². The predicted octanol–water partition coefficient (Wildman–Crippen LogP) is 18.2. The minimum absolute atomic E-state index is 0. The first-order chi connectivity index (χ1) is 35.1. The average molecular weight is 1160 g/mol. The van der Waals surface area contributed by atoms with Crippen molar-refractivity contribution >= 4 is 11.2 Å². The zero-order valence-corrected chi connectivity index (χ0v) is 47.6. The monoisotopic (exact) mass is 1160 g/mol. The Hall–Kier alpha value is -7.20. The number of pyridine rings is 2. The van der Waals surface area contributed by atoms with Gasteiger partial charge in [-0.2, -0.15) is 0 Å². The van der Waals surface area contributed by atoms with E-state index in [1.807, 2.05) is 12.3 Å². The van der Waals surface area contributed by atoms with Crippen molar-refractivity contribution in [3.63, 3.8) is 0 Å². The van der Waals surface area contributed by atoms with Crippen LogP contribution in [0.5, 0.6) is 5.75 Å². The summed E-state index contributed by atoms with van der Waals surface area (Å²) in [6.07, 6.45) is 1.81. The third kappa shape index (κ3) is 10.6. The molecule has 7 aromatic carbocycles. The van der Waals surface area contributed by atoms with Crippen LogP contribution in [-0.2, 0) is 42.7 Å². The Labute approximate surface area is 459 Å². The van der Waals surface area contributed by atoms with E-state index in [9.17, 15) is 5.11 Å². The largest absolute Gasteiger partial charge is 0.507 e. The van der Waals surface area contributed by atoms with Crippen molar-refractivity contribution in [3.8, 4) is 89.8 Å². The van der Waals surface area contributed by atoms with Gasteiger partial charge < -0.3 is 9.67 Å². The second-order valence-corrected chi connectivity index (χ2v) is 23.9. The van der Waals surface area contributed by atoms with Crippen LogP contribution in [0.15, 0.2) is 182 Å². The maximum Gasteiger partial charge on any atom is 0.170 e. The smallest absolute Gasteiger partial charge is 0.170 e. The summed E-state index contributed by atoms with van der Waals surface area (Å²) in [6, 6.07) is 66.5. The van der Waals surface area contributed by atoms with Crippen LogP contribution in [0.4, 0.5) is 0 Å². The first kappa shape index (κ1) is 52.7. The molecule has 0 spiro atoms. The second-order valence-electron chi connectivity index (χ2n) is 23.9. The maximum absolute atomic E-state index is 12.6. The van der Waals surface area contributed by atoms with Gasteiger partial charge in [-0.25, -0.2) is 9.97 Å². The fourth-order valence-corrected chi connectivity index (χ4v) is 10.0. The van der Waals surface area contributed by atoms with Gasteiger partial charge in [-0.3, -0.25) is 4.98 Å². The number of aromatic hydroxyl groups is 1. The first-order valence-electron chi connectivity index (χ1n) is 25.9. The van der Waals surface area contributed by atoms with E-state index in [2.05, 4.69) is 264 Å². The van der Waals surface area contributed by atoms with Crippen LogP contribution in [-0.4, -0.2) is 24.6 Å². The molecule has 0 atom stereocenters. The summed E-state index contributed by atoms with van der Waals surface area (Å²) in [5, 5.41) is 12.6. The molecule has 0 aliphatic rings. The number of benzene rings is 7. The van der Waals surface area contributed by atoms with Gasteiger partial charge in [0.15, 0.2) is 5.65 Å². The number of hydrogen-bond acceptors (Lipinski definition) is 4. The number of phenols is 1. The molecule has 0 saturated carbocycles. The molecule has 0 aliphatic carbocycles. The molecule has 6 heteroatoms. The van der Waals surface area contributed by atoms with E-state index in [4.69, 9.17) is 15.0 Å². The van der Waals surface area contributed by atoms with Gasteiger partial charge in [-0.05, 0) is 108 Å². The van der Waals surface area contributed by atoms with Crippen molar-refractivity contribution in [2.75, 3.05) is 0 Å². The number of rotatable bonds is 8. The van der Waals surface area contributed by atoms with Crippen LogP contribution < -0.4 is 0 Å². The van der Waals surface area contributed by atoms with Gasteiger partial charge in [0.05, 0.1) is 17.0 Å². The molecule has 75 heavy (non-hydrogen) atoms. The maximum atomic E-state index is 12.6. The van der Waals surface area contributed by atoms with Crippen molar-refractivity contribution < 1.29 is 26.2 Å². The summed E-state index contributed by atoms with van der Waals surface area (Å²) < 4.78 is 2.26. The summed E-state index contributed by atoms with van der Waals surface area (Å²) in [7, 11) is 0. The number of nitrogens with zero attached hydrogens (tertiary/aromatic N) is 4. The summed E-state index contributed by atoms with van der Waals surface area (Å²) >= 11 is 0. The van der Waals surface area contributed by atoms with Crippen molar-refractivity contribution in [2.45, 2.75) is 105 Å². The van der Waals surface area contributed by atoms with Gasteiger partial charge in [-0.15, -0.1) is 23.8 Å². The van der Waals surface area contributed by atoms with E-state index >= 15 is 0 Å². The van der Waals surface area contributed by atoms with Crippen molar-refractivity contribution in [2.24, 2.45) is 0 Å². The third-order valence-corrected chi connectivity index (χ3v) is 14.3. The van der Waals surface area contributed by atoms with Crippen LogP contribution in [0.2, 0.25) is 0 Å². The van der Waals surface area contributed by atoms with E-state index in [1.54, 1.807) is 0 Å². The average Bonchev–Trinajstić information content (AvgIpc) is 3.77. The molecule has 0 radical (unpaired) electrons. The number of phenolic OH excluding ortho intramolecular Hbond substituents is 1. The normalized spacial score (nSPS) is 12.2. The fourth-order valence-electron chi connectivity index (χ4n) is 10.0. The SMILES string of the molecule is CC(C)(C)c1cc(-c2cc(-c3c(-c4ccccc4)cccc3-c3ccccc3)cc(-c3cc(C(C)(C)C)cc(C(C)(C)C)c3O)n2)[c-]c(-c2nc3ncccc3n2-c2ccc(C(C)(C)C)cc2-c2ccccc2)c1.[Pt]. The molecule has 0 saturated heterocycles. The standard InChI is InChI=1S/C69H67N4O.Pt/c1-66(2,3)50-33-34-60(55(41-50)46-28-20-15-21-29-46)73-61-32-23-35-70-64(61)72-65(73)49-36-47(37-51(38-49)67(4,5)6)58-39-48(40-59(71-58)56-42-52(68(7,8)9)43-57(63(56)74)69(10,11)12)62-53(44-24-16-13-17-25-44)30-22-31-54(62)45-26-18-14-19-27-45;/h13-35,37-43,74H,1-12H3;/q-1;. The Balaban J connectivity index is 0.00000689. The minimum Gasteiger partial charge on any atom is -0.507 e. The summed E-state index contributed by atoms with van der Waals surface area (Å²) in [5.41, 5.74) is 18.4. The summed E-state index contributed by atoms with van der Waals surface area (Å²) in [5.74, 6) is 0.969. The second kappa shape index (κ2) is 20.2. The molecule has 0 bridgehead atoms. The first-order valence-corrected chi connectivity index (χ1v) is 25.9. The molecule has 5 nitrogen and oxygen atoms in total. The van der Waals surface area contributed by atoms with Crippen molar-refractivity contribution in [1.82, 2.24) is 19.5 Å². The van der Waals surface area contributed by atoms with Crippen molar-refractivity contribution in [3.05, 3.63) is 210 Å². The summed E-state index contributed by atoms with van der Waals surface area (Å²) in [4.78, 5) is 15.9. The molecule has 10 aromatic rings. The van der Waals surface area contributed by atoms with E-state index in [0.29, 0.717) is 16.9 Å². The molecular formula is C69H67N4OPt-. The van der Waals surface area contributed by atoms with Crippen LogP contribution in [0.1, 0.15) is 105 Å². The number of aromatic nitrogens is 4. The molecule has 3 heterocycles. The number of hydrogen-bond donors (Lipinski definition) is 1. The predicted molar refractivity (Wildman–Crippen MR) is 310 cm³/mol. The topological polar surface area (TPSA) is 63.8 Å². The molecule has 0 fully saturated rings. The van der Waals surface area contributed by atoms with Gasteiger partial charge in [0.2, 0.25) is 0 Å².